The summed E-state index contributed by atoms with van der Waals surface area (Å²) in [7, 11) is 0. The Kier molecular flexibility index (Phi) is 4.66. The van der Waals surface area contributed by atoms with Crippen molar-refractivity contribution in [2.45, 2.75) is 33.4 Å². The number of rotatable bonds is 6. The van der Waals surface area contributed by atoms with Gasteiger partial charge in [0.05, 0.1) is 23.1 Å². The molecule has 10 heteroatoms. The first-order chi connectivity index (χ1) is 15.1. The van der Waals surface area contributed by atoms with Gasteiger partial charge < -0.3 is 14.4 Å². The highest BCUT2D eigenvalue weighted by molar-refractivity contribution is 5.78. The molecule has 0 fully saturated rings. The largest absolute Gasteiger partial charge is 0.349 e. The Hall–Kier alpha value is -4.08. The van der Waals surface area contributed by atoms with Gasteiger partial charge in [-0.2, -0.15) is 4.98 Å². The van der Waals surface area contributed by atoms with Gasteiger partial charge in [-0.3, -0.25) is 9.20 Å². The minimum Gasteiger partial charge on any atom is -0.349 e. The van der Waals surface area contributed by atoms with Crippen LogP contribution in [0.25, 0.3) is 28.1 Å². The van der Waals surface area contributed by atoms with Crippen LogP contribution in [0, 0.1) is 13.8 Å². The summed E-state index contributed by atoms with van der Waals surface area (Å²) in [6.07, 6.45) is 2.18. The first-order valence-corrected chi connectivity index (χ1v) is 9.92. The van der Waals surface area contributed by atoms with E-state index in [2.05, 4.69) is 35.2 Å². The van der Waals surface area contributed by atoms with Crippen LogP contribution in [0.2, 0.25) is 0 Å². The molecular weight excluding hydrogens is 396 g/mol. The van der Waals surface area contributed by atoms with E-state index in [0.717, 1.165) is 16.9 Å². The third kappa shape index (κ3) is 3.52. The maximum Gasteiger partial charge on any atom is 0.261 e. The zero-order valence-corrected chi connectivity index (χ0v) is 17.1. The highest BCUT2D eigenvalue weighted by Gasteiger charge is 2.16. The van der Waals surface area contributed by atoms with Crippen molar-refractivity contribution in [3.63, 3.8) is 0 Å². The maximum absolute atomic E-state index is 12.5. The summed E-state index contributed by atoms with van der Waals surface area (Å²) in [6.45, 7) is 4.52. The molecular formula is C21H20N8O2. The topological polar surface area (TPSA) is 116 Å². The van der Waals surface area contributed by atoms with E-state index in [1.165, 1.54) is 0 Å². The minimum atomic E-state index is -0.0717. The summed E-state index contributed by atoms with van der Waals surface area (Å²) >= 11 is 0. The number of hydrogen-bond donors (Lipinski definition) is 1. The third-order valence-corrected chi connectivity index (χ3v) is 5.11. The molecule has 0 aliphatic heterocycles. The monoisotopic (exact) mass is 416 g/mol. The van der Waals surface area contributed by atoms with Crippen LogP contribution in [-0.4, -0.2) is 40.2 Å². The molecule has 0 saturated carbocycles. The van der Waals surface area contributed by atoms with E-state index in [1.807, 2.05) is 53.9 Å². The number of benzene rings is 1. The van der Waals surface area contributed by atoms with Crippen molar-refractivity contribution in [1.29, 1.82) is 0 Å². The number of carbonyl (C=O) groups excluding carboxylic acids is 1. The van der Waals surface area contributed by atoms with Gasteiger partial charge in [0.2, 0.25) is 5.91 Å². The van der Waals surface area contributed by atoms with E-state index >= 15 is 0 Å². The smallest absolute Gasteiger partial charge is 0.261 e. The van der Waals surface area contributed by atoms with E-state index in [1.54, 1.807) is 6.92 Å². The average Bonchev–Trinajstić information content (AvgIpc) is 3.47. The van der Waals surface area contributed by atoms with Crippen LogP contribution in [0.1, 0.15) is 23.9 Å². The third-order valence-electron chi connectivity index (χ3n) is 5.11. The van der Waals surface area contributed by atoms with Gasteiger partial charge in [0.25, 0.3) is 5.89 Å². The highest BCUT2D eigenvalue weighted by atomic mass is 16.5. The number of nitrogens with zero attached hydrogens (tertiary/aromatic N) is 7. The Labute approximate surface area is 176 Å². The lowest BCUT2D eigenvalue weighted by Crippen LogP contribution is -2.25. The van der Waals surface area contributed by atoms with Gasteiger partial charge in [-0.15, -0.1) is 10.2 Å². The molecule has 0 bridgehead atoms. The number of aryl methyl sites for hydroxylation is 3. The van der Waals surface area contributed by atoms with Crippen molar-refractivity contribution >= 4 is 22.6 Å². The Bertz CT molecular complexity index is 1400. The normalized spacial score (nSPS) is 11.4. The number of pyridine rings is 1. The molecule has 1 aromatic carbocycles. The second-order valence-corrected chi connectivity index (χ2v) is 7.20. The van der Waals surface area contributed by atoms with Gasteiger partial charge in [0.1, 0.15) is 5.82 Å². The van der Waals surface area contributed by atoms with E-state index < -0.39 is 0 Å². The molecule has 0 aliphatic rings. The fraction of sp³-hybridized carbons (Fsp3) is 0.238. The van der Waals surface area contributed by atoms with Crippen LogP contribution in [0.5, 0.6) is 0 Å². The lowest BCUT2D eigenvalue weighted by atomic mass is 10.2. The van der Waals surface area contributed by atoms with Gasteiger partial charge >= 0.3 is 0 Å². The van der Waals surface area contributed by atoms with Crippen molar-refractivity contribution < 1.29 is 9.32 Å². The summed E-state index contributed by atoms with van der Waals surface area (Å²) in [5.74, 6) is 2.36. The molecule has 10 nitrogen and oxygen atoms in total. The predicted octanol–water partition coefficient (Wildman–Crippen LogP) is 2.45. The second-order valence-electron chi connectivity index (χ2n) is 7.20. The van der Waals surface area contributed by atoms with E-state index in [9.17, 15) is 4.79 Å². The number of hydrogen-bond acceptors (Lipinski definition) is 7. The molecule has 0 atom stereocenters. The number of aromatic nitrogens is 7. The van der Waals surface area contributed by atoms with E-state index in [-0.39, 0.29) is 12.5 Å². The molecule has 156 valence electrons. The van der Waals surface area contributed by atoms with Crippen molar-refractivity contribution in [2.24, 2.45) is 0 Å². The van der Waals surface area contributed by atoms with Crippen LogP contribution in [0.15, 0.2) is 47.1 Å². The number of imidazole rings is 1. The zero-order chi connectivity index (χ0) is 21.4. The van der Waals surface area contributed by atoms with Crippen LogP contribution >= 0.6 is 0 Å². The number of carbonyl (C=O) groups is 1. The predicted molar refractivity (Wildman–Crippen MR) is 112 cm³/mol. The number of nitrogens with one attached hydrogen (secondary N) is 1. The summed E-state index contributed by atoms with van der Waals surface area (Å²) in [5, 5.41) is 15.2. The van der Waals surface area contributed by atoms with Crippen molar-refractivity contribution in [3.8, 4) is 11.5 Å². The number of para-hydroxylation sites is 2. The first-order valence-electron chi connectivity index (χ1n) is 9.92. The molecule has 5 rings (SSSR count). The number of amides is 1. The van der Waals surface area contributed by atoms with Gasteiger partial charge in [-0.25, -0.2) is 4.98 Å². The Morgan fingerprint density at radius 3 is 2.81 bits per heavy atom. The van der Waals surface area contributed by atoms with Crippen LogP contribution < -0.4 is 5.32 Å². The standard InChI is InChI=1S/C21H20N8O2/c1-13-23-21(31-27-13)15-6-5-10-29-18(25-26-20(15)29)12-22-19(30)9-11-28-14(2)24-16-7-3-4-8-17(16)28/h3-8,10H,9,11-12H2,1-2H3,(H,22,30). The lowest BCUT2D eigenvalue weighted by Gasteiger charge is -2.08. The fourth-order valence-electron chi connectivity index (χ4n) is 3.62. The van der Waals surface area contributed by atoms with Gasteiger partial charge in [-0.1, -0.05) is 17.3 Å². The van der Waals surface area contributed by atoms with Crippen LogP contribution in [0.4, 0.5) is 0 Å². The summed E-state index contributed by atoms with van der Waals surface area (Å²) in [6, 6.07) is 11.6. The molecule has 0 aliphatic carbocycles. The summed E-state index contributed by atoms with van der Waals surface area (Å²) in [4.78, 5) is 21.3. The SMILES string of the molecule is Cc1noc(-c2cccn3c(CNC(=O)CCn4c(C)nc5ccccc54)nnc23)n1. The Morgan fingerprint density at radius 1 is 1.10 bits per heavy atom. The zero-order valence-electron chi connectivity index (χ0n) is 17.1. The molecule has 4 heterocycles. The van der Waals surface area contributed by atoms with Crippen molar-refractivity contribution in [1.82, 2.24) is 39.6 Å². The van der Waals surface area contributed by atoms with Crippen molar-refractivity contribution in [2.75, 3.05) is 0 Å². The van der Waals surface area contributed by atoms with E-state index in [0.29, 0.717) is 41.7 Å². The van der Waals surface area contributed by atoms with E-state index in [4.69, 9.17) is 4.52 Å². The molecule has 1 N–H and O–H groups in total. The van der Waals surface area contributed by atoms with Gasteiger partial charge in [-0.05, 0) is 38.1 Å². The first kappa shape index (κ1) is 18.9. The van der Waals surface area contributed by atoms with Gasteiger partial charge in [0, 0.05) is 19.2 Å². The van der Waals surface area contributed by atoms with Crippen molar-refractivity contribution in [3.05, 3.63) is 60.1 Å². The second kappa shape index (κ2) is 7.63. The molecule has 0 unspecified atom stereocenters. The molecule has 1 amide bonds. The van der Waals surface area contributed by atoms with Crippen LogP contribution in [-0.2, 0) is 17.9 Å². The molecule has 4 aromatic heterocycles. The van der Waals surface area contributed by atoms with Crippen LogP contribution in [0.3, 0.4) is 0 Å². The highest BCUT2D eigenvalue weighted by Crippen LogP contribution is 2.22. The molecule has 5 aromatic rings. The molecule has 0 saturated heterocycles. The number of fused-ring (bicyclic) bond motifs is 2. The maximum atomic E-state index is 12.5. The van der Waals surface area contributed by atoms with Gasteiger partial charge in [0.15, 0.2) is 17.3 Å². The Morgan fingerprint density at radius 2 is 1.97 bits per heavy atom. The lowest BCUT2D eigenvalue weighted by molar-refractivity contribution is -0.121. The quantitative estimate of drug-likeness (QED) is 0.452. The fourth-order valence-corrected chi connectivity index (χ4v) is 3.62. The molecule has 0 spiro atoms. The average molecular weight is 416 g/mol. The Balaban J connectivity index is 1.28. The summed E-state index contributed by atoms with van der Waals surface area (Å²) in [5.41, 5.74) is 3.24. The molecule has 31 heavy (non-hydrogen) atoms. The molecule has 0 radical (unpaired) electrons. The summed E-state index contributed by atoms with van der Waals surface area (Å²) < 4.78 is 9.12. The minimum absolute atomic E-state index is 0.0717.